The molecule has 3 N–H and O–H groups in total. The van der Waals surface area contributed by atoms with Crippen molar-refractivity contribution in [3.63, 3.8) is 0 Å². The quantitative estimate of drug-likeness (QED) is 0.846. The zero-order valence-corrected chi connectivity index (χ0v) is 12.2. The predicted molar refractivity (Wildman–Crippen MR) is 75.5 cm³/mol. The minimum Gasteiger partial charge on any atom is -0.348 e. The molecule has 0 aromatic heterocycles. The minimum absolute atomic E-state index is 0.339. The lowest BCUT2D eigenvalue weighted by atomic mass is 10.0. The molecule has 2 atom stereocenters. The number of hydrogen-bond donors (Lipinski definition) is 2. The average Bonchev–Trinajstić information content (AvgIpc) is 2.43. The summed E-state index contributed by atoms with van der Waals surface area (Å²) < 4.78 is 38.0. The summed E-state index contributed by atoms with van der Waals surface area (Å²) in [6.07, 6.45) is -2.05. The van der Waals surface area contributed by atoms with Crippen molar-refractivity contribution >= 4 is 5.91 Å². The first-order valence-corrected chi connectivity index (χ1v) is 6.98. The number of nitrogens with two attached hydrogens (primary N) is 1. The van der Waals surface area contributed by atoms with Crippen LogP contribution in [-0.4, -0.2) is 11.9 Å². The van der Waals surface area contributed by atoms with Crippen LogP contribution in [0.2, 0.25) is 0 Å². The van der Waals surface area contributed by atoms with E-state index in [-0.39, 0.29) is 5.91 Å². The predicted octanol–water partition coefficient (Wildman–Crippen LogP) is 3.40. The lowest BCUT2D eigenvalue weighted by Gasteiger charge is -2.19. The van der Waals surface area contributed by atoms with Gasteiger partial charge >= 0.3 is 6.18 Å². The Bertz CT molecular complexity index is 474. The van der Waals surface area contributed by atoms with Crippen molar-refractivity contribution in [3.8, 4) is 0 Å². The van der Waals surface area contributed by atoms with Crippen LogP contribution in [0.1, 0.15) is 50.3 Å². The number of nitrogens with one attached hydrogen (secondary N) is 1. The van der Waals surface area contributed by atoms with Crippen LogP contribution in [-0.2, 0) is 11.0 Å². The highest BCUT2D eigenvalue weighted by Gasteiger charge is 2.30. The summed E-state index contributed by atoms with van der Waals surface area (Å²) in [5.74, 6) is -0.339. The summed E-state index contributed by atoms with van der Waals surface area (Å²) >= 11 is 0. The lowest BCUT2D eigenvalue weighted by Crippen LogP contribution is -2.41. The van der Waals surface area contributed by atoms with Crippen LogP contribution in [0.4, 0.5) is 13.2 Å². The number of unbranched alkanes of at least 4 members (excludes halogenated alkanes) is 1. The summed E-state index contributed by atoms with van der Waals surface area (Å²) in [6, 6.07) is 3.79. The van der Waals surface area contributed by atoms with E-state index in [1.54, 1.807) is 13.0 Å². The first kappa shape index (κ1) is 17.5. The highest BCUT2D eigenvalue weighted by Crippen LogP contribution is 2.30. The molecule has 118 valence electrons. The SMILES string of the molecule is CCCCC(N)C(=O)NC(C)c1cccc(C(F)(F)F)c1. The average molecular weight is 302 g/mol. The van der Waals surface area contributed by atoms with Crippen molar-refractivity contribution in [2.24, 2.45) is 5.73 Å². The van der Waals surface area contributed by atoms with Gasteiger partial charge in [-0.05, 0) is 31.0 Å². The van der Waals surface area contributed by atoms with Crippen molar-refractivity contribution in [1.29, 1.82) is 0 Å². The van der Waals surface area contributed by atoms with E-state index < -0.39 is 23.8 Å². The molecule has 0 aliphatic rings. The van der Waals surface area contributed by atoms with Crippen LogP contribution in [0, 0.1) is 0 Å². The Morgan fingerprint density at radius 2 is 2.05 bits per heavy atom. The van der Waals surface area contributed by atoms with Crippen molar-refractivity contribution in [2.45, 2.75) is 51.4 Å². The van der Waals surface area contributed by atoms with Crippen LogP contribution in [0.15, 0.2) is 24.3 Å². The Hall–Kier alpha value is -1.56. The number of alkyl halides is 3. The van der Waals surface area contributed by atoms with Crippen molar-refractivity contribution in [1.82, 2.24) is 5.32 Å². The molecular formula is C15H21F3N2O. The molecule has 0 aliphatic heterocycles. The minimum atomic E-state index is -4.39. The fourth-order valence-corrected chi connectivity index (χ4v) is 1.94. The molecule has 1 aromatic carbocycles. The third kappa shape index (κ3) is 5.38. The van der Waals surface area contributed by atoms with E-state index in [2.05, 4.69) is 5.32 Å². The Kier molecular flexibility index (Phi) is 6.20. The number of carbonyl (C=O) groups excluding carboxylic acids is 1. The van der Waals surface area contributed by atoms with E-state index in [1.165, 1.54) is 6.07 Å². The number of benzene rings is 1. The Balaban J connectivity index is 2.71. The molecular weight excluding hydrogens is 281 g/mol. The van der Waals surface area contributed by atoms with Gasteiger partial charge in [0.15, 0.2) is 0 Å². The maximum absolute atomic E-state index is 12.7. The van der Waals surface area contributed by atoms with Gasteiger partial charge in [-0.15, -0.1) is 0 Å². The van der Waals surface area contributed by atoms with Gasteiger partial charge in [-0.2, -0.15) is 13.2 Å². The Morgan fingerprint density at radius 1 is 1.38 bits per heavy atom. The standard InChI is InChI=1S/C15H21F3N2O/c1-3-4-8-13(19)14(21)20-10(2)11-6-5-7-12(9-11)15(16,17)18/h5-7,9-10,13H,3-4,8,19H2,1-2H3,(H,20,21). The van der Waals surface area contributed by atoms with Gasteiger partial charge in [0.25, 0.3) is 0 Å². The summed E-state index contributed by atoms with van der Waals surface area (Å²) in [5.41, 5.74) is 5.41. The number of hydrogen-bond acceptors (Lipinski definition) is 2. The molecule has 3 nitrogen and oxygen atoms in total. The van der Waals surface area contributed by atoms with Crippen LogP contribution in [0.5, 0.6) is 0 Å². The largest absolute Gasteiger partial charge is 0.416 e. The second-order valence-corrected chi connectivity index (χ2v) is 5.10. The summed E-state index contributed by atoms with van der Waals surface area (Å²) in [4.78, 5) is 11.9. The maximum atomic E-state index is 12.7. The second kappa shape index (κ2) is 7.45. The molecule has 1 rings (SSSR count). The number of rotatable bonds is 6. The smallest absolute Gasteiger partial charge is 0.348 e. The molecule has 0 aliphatic carbocycles. The van der Waals surface area contributed by atoms with Gasteiger partial charge in [-0.3, -0.25) is 4.79 Å². The molecule has 1 amide bonds. The molecule has 0 heterocycles. The van der Waals surface area contributed by atoms with E-state index in [4.69, 9.17) is 5.73 Å². The van der Waals surface area contributed by atoms with Crippen LogP contribution in [0.25, 0.3) is 0 Å². The maximum Gasteiger partial charge on any atom is 0.416 e. The Morgan fingerprint density at radius 3 is 2.62 bits per heavy atom. The van der Waals surface area contributed by atoms with E-state index in [1.807, 2.05) is 6.92 Å². The van der Waals surface area contributed by atoms with Gasteiger partial charge in [-0.25, -0.2) is 0 Å². The summed E-state index contributed by atoms with van der Waals surface area (Å²) in [5, 5.41) is 2.65. The normalized spacial score (nSPS) is 14.6. The molecule has 0 saturated heterocycles. The Labute approximate surface area is 122 Å². The van der Waals surface area contributed by atoms with Crippen LogP contribution < -0.4 is 11.1 Å². The first-order valence-electron chi connectivity index (χ1n) is 6.98. The molecule has 21 heavy (non-hydrogen) atoms. The molecule has 0 bridgehead atoms. The van der Waals surface area contributed by atoms with Gasteiger partial charge in [0.2, 0.25) is 5.91 Å². The van der Waals surface area contributed by atoms with E-state index in [0.29, 0.717) is 12.0 Å². The monoisotopic (exact) mass is 302 g/mol. The lowest BCUT2D eigenvalue weighted by molar-refractivity contribution is -0.137. The molecule has 2 unspecified atom stereocenters. The molecule has 0 saturated carbocycles. The fourth-order valence-electron chi connectivity index (χ4n) is 1.94. The van der Waals surface area contributed by atoms with Gasteiger partial charge in [0.1, 0.15) is 0 Å². The van der Waals surface area contributed by atoms with Gasteiger partial charge < -0.3 is 11.1 Å². The number of carbonyl (C=O) groups is 1. The zero-order chi connectivity index (χ0) is 16.0. The number of halogens is 3. The van der Waals surface area contributed by atoms with Crippen LogP contribution >= 0.6 is 0 Å². The third-order valence-electron chi connectivity index (χ3n) is 3.28. The molecule has 6 heteroatoms. The van der Waals surface area contributed by atoms with E-state index in [0.717, 1.165) is 25.0 Å². The summed E-state index contributed by atoms with van der Waals surface area (Å²) in [6.45, 7) is 3.63. The van der Waals surface area contributed by atoms with E-state index in [9.17, 15) is 18.0 Å². The highest BCUT2D eigenvalue weighted by atomic mass is 19.4. The zero-order valence-electron chi connectivity index (χ0n) is 12.2. The van der Waals surface area contributed by atoms with Gasteiger partial charge in [-0.1, -0.05) is 31.9 Å². The highest BCUT2D eigenvalue weighted by molar-refractivity contribution is 5.81. The van der Waals surface area contributed by atoms with E-state index >= 15 is 0 Å². The van der Waals surface area contributed by atoms with Crippen molar-refractivity contribution in [2.75, 3.05) is 0 Å². The summed E-state index contributed by atoms with van der Waals surface area (Å²) in [7, 11) is 0. The molecule has 1 aromatic rings. The van der Waals surface area contributed by atoms with Crippen molar-refractivity contribution in [3.05, 3.63) is 35.4 Å². The van der Waals surface area contributed by atoms with Gasteiger partial charge in [0.05, 0.1) is 17.6 Å². The number of amides is 1. The molecule has 0 spiro atoms. The first-order chi connectivity index (χ1) is 9.75. The topological polar surface area (TPSA) is 55.1 Å². The molecule has 0 radical (unpaired) electrons. The van der Waals surface area contributed by atoms with Gasteiger partial charge in [0, 0.05) is 0 Å². The van der Waals surface area contributed by atoms with Crippen LogP contribution in [0.3, 0.4) is 0 Å². The third-order valence-corrected chi connectivity index (χ3v) is 3.28. The fraction of sp³-hybridized carbons (Fsp3) is 0.533. The molecule has 0 fully saturated rings. The second-order valence-electron chi connectivity index (χ2n) is 5.10. The van der Waals surface area contributed by atoms with Crippen molar-refractivity contribution < 1.29 is 18.0 Å².